The van der Waals surface area contributed by atoms with Gasteiger partial charge in [-0.2, -0.15) is 0 Å². The second kappa shape index (κ2) is 7.87. The van der Waals surface area contributed by atoms with Crippen molar-refractivity contribution in [2.24, 2.45) is 0 Å². The van der Waals surface area contributed by atoms with Crippen molar-refractivity contribution in [2.45, 2.75) is 19.3 Å². The van der Waals surface area contributed by atoms with Gasteiger partial charge in [-0.15, -0.1) is 0 Å². The summed E-state index contributed by atoms with van der Waals surface area (Å²) < 4.78 is 5.18. The van der Waals surface area contributed by atoms with Gasteiger partial charge in [-0.05, 0) is 48.7 Å². The van der Waals surface area contributed by atoms with Crippen molar-refractivity contribution < 1.29 is 9.53 Å². The van der Waals surface area contributed by atoms with E-state index in [9.17, 15) is 4.79 Å². The van der Waals surface area contributed by atoms with Crippen LogP contribution in [0.2, 0.25) is 15.1 Å². The van der Waals surface area contributed by atoms with Crippen LogP contribution in [0.3, 0.4) is 0 Å². The van der Waals surface area contributed by atoms with Gasteiger partial charge in [-0.25, -0.2) is 0 Å². The molecule has 2 nitrogen and oxygen atoms in total. The van der Waals surface area contributed by atoms with Gasteiger partial charge in [0.05, 0.1) is 12.5 Å². The second-order valence-electron chi connectivity index (χ2n) is 4.76. The van der Waals surface area contributed by atoms with Crippen molar-refractivity contribution in [3.8, 4) is 0 Å². The monoisotopic (exact) mass is 356 g/mol. The summed E-state index contributed by atoms with van der Waals surface area (Å²) in [6.45, 7) is 2.10. The lowest BCUT2D eigenvalue weighted by atomic mass is 9.92. The highest BCUT2D eigenvalue weighted by molar-refractivity contribution is 6.36. The maximum atomic E-state index is 12.3. The van der Waals surface area contributed by atoms with Crippen molar-refractivity contribution in [1.29, 1.82) is 0 Å². The fourth-order valence-electron chi connectivity index (χ4n) is 2.21. The standard InChI is InChI=1S/C17H15Cl3O2/c1-2-22-17(21)13(11-6-8-12(18)9-7-11)10-14-15(19)4-3-5-16(14)20/h3-9,13H,2,10H2,1H3/t13-/m1/s1. The van der Waals surface area contributed by atoms with Crippen LogP contribution in [-0.4, -0.2) is 12.6 Å². The molecule has 0 fully saturated rings. The molecule has 0 aliphatic carbocycles. The molecule has 2 rings (SSSR count). The van der Waals surface area contributed by atoms with Crippen molar-refractivity contribution in [1.82, 2.24) is 0 Å². The Balaban J connectivity index is 2.36. The number of hydrogen-bond donors (Lipinski definition) is 0. The minimum absolute atomic E-state index is 0.305. The average molecular weight is 358 g/mol. The number of benzene rings is 2. The maximum absolute atomic E-state index is 12.3. The molecular weight excluding hydrogens is 343 g/mol. The summed E-state index contributed by atoms with van der Waals surface area (Å²) in [7, 11) is 0. The molecule has 0 bridgehead atoms. The lowest BCUT2D eigenvalue weighted by Gasteiger charge is -2.17. The van der Waals surface area contributed by atoms with Gasteiger partial charge in [0.25, 0.3) is 0 Å². The summed E-state index contributed by atoms with van der Waals surface area (Å²) in [6.07, 6.45) is 0.374. The van der Waals surface area contributed by atoms with Gasteiger partial charge < -0.3 is 4.74 Å². The Kier molecular flexibility index (Phi) is 6.13. The molecular formula is C17H15Cl3O2. The summed E-state index contributed by atoms with van der Waals surface area (Å²) in [4.78, 5) is 12.3. The van der Waals surface area contributed by atoms with Crippen LogP contribution in [0, 0.1) is 0 Å². The normalized spacial score (nSPS) is 12.0. The lowest BCUT2D eigenvalue weighted by molar-refractivity contribution is -0.144. The van der Waals surface area contributed by atoms with Gasteiger partial charge in [0.2, 0.25) is 0 Å². The number of halogens is 3. The number of ether oxygens (including phenoxy) is 1. The number of carbonyl (C=O) groups excluding carboxylic acids is 1. The first-order chi connectivity index (χ1) is 10.5. The van der Waals surface area contributed by atoms with E-state index < -0.39 is 5.92 Å². The third kappa shape index (κ3) is 4.16. The van der Waals surface area contributed by atoms with Crippen LogP contribution in [0.25, 0.3) is 0 Å². The van der Waals surface area contributed by atoms with Crippen LogP contribution >= 0.6 is 34.8 Å². The van der Waals surface area contributed by atoms with E-state index in [1.165, 1.54) is 0 Å². The van der Waals surface area contributed by atoms with E-state index in [1.54, 1.807) is 37.3 Å². The molecule has 0 heterocycles. The van der Waals surface area contributed by atoms with E-state index in [4.69, 9.17) is 39.5 Å². The molecule has 1 atom stereocenters. The zero-order chi connectivity index (χ0) is 16.1. The predicted octanol–water partition coefficient (Wildman–Crippen LogP) is 5.54. The van der Waals surface area contributed by atoms with Crippen molar-refractivity contribution in [3.05, 3.63) is 68.7 Å². The minimum atomic E-state index is -0.477. The van der Waals surface area contributed by atoms with E-state index in [1.807, 2.05) is 12.1 Å². The number of hydrogen-bond acceptors (Lipinski definition) is 2. The Labute approximate surface area is 144 Å². The van der Waals surface area contributed by atoms with Crippen LogP contribution in [0.1, 0.15) is 24.0 Å². The second-order valence-corrected chi connectivity index (χ2v) is 6.01. The van der Waals surface area contributed by atoms with Gasteiger partial charge in [0.1, 0.15) is 0 Å². The topological polar surface area (TPSA) is 26.3 Å². The Bertz CT molecular complexity index is 633. The molecule has 2 aromatic rings. The zero-order valence-electron chi connectivity index (χ0n) is 12.0. The quantitative estimate of drug-likeness (QED) is 0.657. The highest BCUT2D eigenvalue weighted by Crippen LogP contribution is 2.31. The molecule has 2 aromatic carbocycles. The SMILES string of the molecule is CCOC(=O)[C@H](Cc1c(Cl)cccc1Cl)c1ccc(Cl)cc1. The predicted molar refractivity (Wildman–Crippen MR) is 91.0 cm³/mol. The smallest absolute Gasteiger partial charge is 0.313 e. The van der Waals surface area contributed by atoms with Crippen LogP contribution in [-0.2, 0) is 16.0 Å². The van der Waals surface area contributed by atoms with Crippen molar-refractivity contribution in [2.75, 3.05) is 6.61 Å². The highest BCUT2D eigenvalue weighted by atomic mass is 35.5. The first-order valence-corrected chi connectivity index (χ1v) is 8.01. The lowest BCUT2D eigenvalue weighted by Crippen LogP contribution is -2.18. The molecule has 116 valence electrons. The molecule has 0 N–H and O–H groups in total. The Morgan fingerprint density at radius 1 is 1.05 bits per heavy atom. The van der Waals surface area contributed by atoms with Crippen LogP contribution < -0.4 is 0 Å². The maximum Gasteiger partial charge on any atom is 0.313 e. The van der Waals surface area contributed by atoms with Gasteiger partial charge in [-0.1, -0.05) is 53.0 Å². The summed E-state index contributed by atoms with van der Waals surface area (Å²) in [5.41, 5.74) is 1.55. The number of esters is 1. The average Bonchev–Trinajstić information content (AvgIpc) is 2.48. The molecule has 0 unspecified atom stereocenters. The Morgan fingerprint density at radius 3 is 2.18 bits per heavy atom. The largest absolute Gasteiger partial charge is 0.466 e. The Hall–Kier alpha value is -1.22. The van der Waals surface area contributed by atoms with Gasteiger partial charge in [-0.3, -0.25) is 4.79 Å². The molecule has 0 aliphatic rings. The fraction of sp³-hybridized carbons (Fsp3) is 0.235. The molecule has 0 saturated heterocycles. The first-order valence-electron chi connectivity index (χ1n) is 6.88. The highest BCUT2D eigenvalue weighted by Gasteiger charge is 2.24. The van der Waals surface area contributed by atoms with Gasteiger partial charge in [0.15, 0.2) is 0 Å². The van der Waals surface area contributed by atoms with Crippen molar-refractivity contribution in [3.63, 3.8) is 0 Å². The molecule has 0 spiro atoms. The number of carbonyl (C=O) groups is 1. The van der Waals surface area contributed by atoms with E-state index >= 15 is 0 Å². The minimum Gasteiger partial charge on any atom is -0.466 e. The third-order valence-corrected chi connectivity index (χ3v) is 4.27. The van der Waals surface area contributed by atoms with E-state index in [-0.39, 0.29) is 5.97 Å². The van der Waals surface area contributed by atoms with Crippen LogP contribution in [0.5, 0.6) is 0 Å². The summed E-state index contributed by atoms with van der Waals surface area (Å²) in [5, 5.41) is 1.69. The first kappa shape index (κ1) is 17.1. The molecule has 22 heavy (non-hydrogen) atoms. The summed E-state index contributed by atoms with van der Waals surface area (Å²) in [6, 6.07) is 12.4. The van der Waals surface area contributed by atoms with E-state index in [0.717, 1.165) is 11.1 Å². The molecule has 0 radical (unpaired) electrons. The van der Waals surface area contributed by atoms with Crippen LogP contribution in [0.15, 0.2) is 42.5 Å². The Morgan fingerprint density at radius 2 is 1.64 bits per heavy atom. The number of rotatable bonds is 5. The van der Waals surface area contributed by atoms with E-state index in [2.05, 4.69) is 0 Å². The zero-order valence-corrected chi connectivity index (χ0v) is 14.3. The molecule has 0 amide bonds. The summed E-state index contributed by atoms with van der Waals surface area (Å²) >= 11 is 18.3. The molecule has 5 heteroatoms. The third-order valence-electron chi connectivity index (χ3n) is 3.31. The molecule has 0 aromatic heterocycles. The van der Waals surface area contributed by atoms with Gasteiger partial charge >= 0.3 is 5.97 Å². The van der Waals surface area contributed by atoms with Gasteiger partial charge in [0, 0.05) is 15.1 Å². The van der Waals surface area contributed by atoms with Crippen molar-refractivity contribution >= 4 is 40.8 Å². The summed E-state index contributed by atoms with van der Waals surface area (Å²) in [5.74, 6) is -0.782. The molecule has 0 aliphatic heterocycles. The fourth-order valence-corrected chi connectivity index (χ4v) is 2.88. The van der Waals surface area contributed by atoms with Crippen LogP contribution in [0.4, 0.5) is 0 Å². The molecule has 0 saturated carbocycles. The van der Waals surface area contributed by atoms with E-state index in [0.29, 0.717) is 28.1 Å².